The van der Waals surface area contributed by atoms with Gasteiger partial charge in [-0.25, -0.2) is 8.42 Å². The molecular weight excluding hydrogens is 335 g/mol. The van der Waals surface area contributed by atoms with Gasteiger partial charge in [-0.3, -0.25) is 4.79 Å². The van der Waals surface area contributed by atoms with Gasteiger partial charge in [-0.2, -0.15) is 0 Å². The van der Waals surface area contributed by atoms with E-state index in [4.69, 9.17) is 27.9 Å². The summed E-state index contributed by atoms with van der Waals surface area (Å²) >= 11 is 12.1. The van der Waals surface area contributed by atoms with Crippen molar-refractivity contribution in [1.82, 2.24) is 0 Å². The van der Waals surface area contributed by atoms with Gasteiger partial charge in [0.2, 0.25) is 13.5 Å². The molecule has 0 radical (unpaired) electrons. The Labute approximate surface area is 135 Å². The summed E-state index contributed by atoms with van der Waals surface area (Å²) in [6.07, 6.45) is -0.790. The number of benzene rings is 1. The maximum Gasteiger partial charge on any atom is 0.224 e. The van der Waals surface area contributed by atoms with Gasteiger partial charge in [0, 0.05) is 20.0 Å². The fraction of sp³-hybridized carbons (Fsp3) is 0.500. The van der Waals surface area contributed by atoms with Gasteiger partial charge in [-0.1, -0.05) is 40.9 Å². The van der Waals surface area contributed by atoms with Crippen LogP contribution < -0.4 is 0 Å². The Morgan fingerprint density at radius 1 is 1.29 bits per heavy atom. The standard InChI is InChI=1S/C14H18Cl2O4S/c1-10-4-6-13(7-5-10)21(18,19)14(15,16)9-12(20-3)8-11(2)17/h4-7,12H,8-9H2,1-3H3. The first kappa shape index (κ1) is 18.4. The molecule has 0 aliphatic carbocycles. The number of carbonyl (C=O) groups excluding carboxylic acids is 1. The predicted octanol–water partition coefficient (Wildman–Crippen LogP) is 3.28. The summed E-state index contributed by atoms with van der Waals surface area (Å²) in [5.41, 5.74) is 0.926. The van der Waals surface area contributed by atoms with Crippen LogP contribution in [0.25, 0.3) is 0 Å². The average molecular weight is 353 g/mol. The number of ketones is 1. The van der Waals surface area contributed by atoms with E-state index >= 15 is 0 Å². The number of carbonyl (C=O) groups is 1. The summed E-state index contributed by atoms with van der Waals surface area (Å²) in [5.74, 6) is -0.126. The fourth-order valence-electron chi connectivity index (χ4n) is 1.82. The molecule has 1 rings (SSSR count). The highest BCUT2D eigenvalue weighted by Crippen LogP contribution is 2.39. The lowest BCUT2D eigenvalue weighted by molar-refractivity contribution is -0.119. The van der Waals surface area contributed by atoms with E-state index in [0.717, 1.165) is 5.56 Å². The molecular formula is C14H18Cl2O4S. The molecule has 0 spiro atoms. The maximum atomic E-state index is 12.5. The normalized spacial score (nSPS) is 14.0. The molecule has 0 saturated heterocycles. The molecule has 21 heavy (non-hydrogen) atoms. The predicted molar refractivity (Wildman–Crippen MR) is 83.5 cm³/mol. The molecule has 0 N–H and O–H groups in total. The summed E-state index contributed by atoms with van der Waals surface area (Å²) in [5, 5.41) is 0. The molecule has 0 saturated carbocycles. The van der Waals surface area contributed by atoms with Gasteiger partial charge in [0.25, 0.3) is 0 Å². The zero-order valence-electron chi connectivity index (χ0n) is 12.1. The van der Waals surface area contributed by atoms with E-state index in [-0.39, 0.29) is 23.5 Å². The molecule has 0 amide bonds. The van der Waals surface area contributed by atoms with Gasteiger partial charge in [0.1, 0.15) is 5.78 Å². The third-order valence-electron chi connectivity index (χ3n) is 3.04. The Hall–Kier alpha value is -0.620. The largest absolute Gasteiger partial charge is 0.381 e. The minimum atomic E-state index is -3.96. The Morgan fingerprint density at radius 3 is 2.24 bits per heavy atom. The van der Waals surface area contributed by atoms with Crippen molar-refractivity contribution in [2.45, 2.75) is 41.4 Å². The van der Waals surface area contributed by atoms with Crippen LogP contribution in [0.5, 0.6) is 0 Å². The first-order valence-corrected chi connectivity index (χ1v) is 8.55. The smallest absolute Gasteiger partial charge is 0.224 e. The fourth-order valence-corrected chi connectivity index (χ4v) is 3.95. The highest BCUT2D eigenvalue weighted by molar-refractivity contribution is 7.95. The van der Waals surface area contributed by atoms with Crippen molar-refractivity contribution in [3.63, 3.8) is 0 Å². The van der Waals surface area contributed by atoms with Crippen LogP contribution in [0.4, 0.5) is 0 Å². The van der Waals surface area contributed by atoms with Crippen molar-refractivity contribution in [2.24, 2.45) is 0 Å². The van der Waals surface area contributed by atoms with E-state index in [1.54, 1.807) is 12.1 Å². The zero-order valence-corrected chi connectivity index (χ0v) is 14.4. The Morgan fingerprint density at radius 2 is 1.81 bits per heavy atom. The SMILES string of the molecule is COC(CC(C)=O)CC(Cl)(Cl)S(=O)(=O)c1ccc(C)cc1. The first-order valence-electron chi connectivity index (χ1n) is 6.31. The molecule has 0 aromatic heterocycles. The molecule has 7 heteroatoms. The van der Waals surface area contributed by atoms with Gasteiger partial charge in [-0.05, 0) is 26.0 Å². The number of hydrogen-bond donors (Lipinski definition) is 0. The van der Waals surface area contributed by atoms with E-state index in [9.17, 15) is 13.2 Å². The molecule has 1 unspecified atom stereocenters. The monoisotopic (exact) mass is 352 g/mol. The van der Waals surface area contributed by atoms with Crippen molar-refractivity contribution >= 4 is 38.8 Å². The van der Waals surface area contributed by atoms with E-state index < -0.39 is 19.6 Å². The summed E-state index contributed by atoms with van der Waals surface area (Å²) < 4.78 is 28.0. The van der Waals surface area contributed by atoms with Crippen LogP contribution in [0.2, 0.25) is 0 Å². The molecule has 0 aliphatic rings. The van der Waals surface area contributed by atoms with Crippen molar-refractivity contribution in [1.29, 1.82) is 0 Å². The van der Waals surface area contributed by atoms with Gasteiger partial charge in [0.15, 0.2) is 0 Å². The highest BCUT2D eigenvalue weighted by atomic mass is 35.5. The summed E-state index contributed by atoms with van der Waals surface area (Å²) in [7, 11) is -2.57. The Bertz CT molecular complexity index is 594. The number of hydrogen-bond acceptors (Lipinski definition) is 4. The van der Waals surface area contributed by atoms with E-state index in [2.05, 4.69) is 0 Å². The number of sulfone groups is 1. The third-order valence-corrected chi connectivity index (χ3v) is 6.41. The lowest BCUT2D eigenvalue weighted by Crippen LogP contribution is -2.32. The van der Waals surface area contributed by atoms with Gasteiger partial charge in [-0.15, -0.1) is 0 Å². The van der Waals surface area contributed by atoms with Gasteiger partial charge >= 0.3 is 0 Å². The second-order valence-electron chi connectivity index (χ2n) is 4.92. The second-order valence-corrected chi connectivity index (χ2v) is 9.03. The number of halogens is 2. The number of ether oxygens (including phenoxy) is 1. The van der Waals surface area contributed by atoms with E-state index in [1.807, 2.05) is 6.92 Å². The van der Waals surface area contributed by atoms with Crippen LogP contribution in [-0.2, 0) is 19.4 Å². The van der Waals surface area contributed by atoms with Crippen LogP contribution in [0.1, 0.15) is 25.3 Å². The average Bonchev–Trinajstić information content (AvgIpc) is 2.37. The number of rotatable bonds is 7. The molecule has 0 aliphatic heterocycles. The topological polar surface area (TPSA) is 60.4 Å². The van der Waals surface area contributed by atoms with E-state index in [0.29, 0.717) is 0 Å². The first-order chi connectivity index (χ1) is 9.60. The molecule has 0 heterocycles. The Balaban J connectivity index is 3.04. The summed E-state index contributed by atoms with van der Waals surface area (Å²) in [6, 6.07) is 6.24. The van der Waals surface area contributed by atoms with Crippen molar-refractivity contribution in [3.8, 4) is 0 Å². The highest BCUT2D eigenvalue weighted by Gasteiger charge is 2.43. The molecule has 1 aromatic rings. The minimum Gasteiger partial charge on any atom is -0.381 e. The molecule has 4 nitrogen and oxygen atoms in total. The molecule has 118 valence electrons. The van der Waals surface area contributed by atoms with E-state index in [1.165, 1.54) is 26.2 Å². The van der Waals surface area contributed by atoms with Crippen molar-refractivity contribution in [3.05, 3.63) is 29.8 Å². The van der Waals surface area contributed by atoms with Crippen LogP contribution in [-0.4, -0.2) is 31.1 Å². The molecule has 0 fully saturated rings. The Kier molecular flexibility index (Phi) is 6.23. The second kappa shape index (κ2) is 7.09. The maximum absolute atomic E-state index is 12.5. The van der Waals surface area contributed by atoms with Crippen molar-refractivity contribution < 1.29 is 17.9 Å². The van der Waals surface area contributed by atoms with Crippen LogP contribution in [0.3, 0.4) is 0 Å². The van der Waals surface area contributed by atoms with Crippen LogP contribution in [0, 0.1) is 6.92 Å². The molecule has 1 atom stereocenters. The third kappa shape index (κ3) is 4.68. The minimum absolute atomic E-state index is 0.0378. The quantitative estimate of drug-likeness (QED) is 0.706. The van der Waals surface area contributed by atoms with Crippen LogP contribution in [0.15, 0.2) is 29.2 Å². The summed E-state index contributed by atoms with van der Waals surface area (Å²) in [4.78, 5) is 11.2. The molecule has 1 aromatic carbocycles. The number of alkyl halides is 2. The number of aryl methyl sites for hydroxylation is 1. The van der Waals surface area contributed by atoms with Crippen LogP contribution >= 0.6 is 23.2 Å². The number of methoxy groups -OCH3 is 1. The lowest BCUT2D eigenvalue weighted by atomic mass is 10.1. The zero-order chi connectivity index (χ0) is 16.3. The lowest BCUT2D eigenvalue weighted by Gasteiger charge is -2.24. The number of Topliss-reactive ketones (excluding diaryl/α,β-unsaturated/α-hetero) is 1. The van der Waals surface area contributed by atoms with Crippen molar-refractivity contribution in [2.75, 3.05) is 7.11 Å². The summed E-state index contributed by atoms with van der Waals surface area (Å²) in [6.45, 7) is 3.24. The van der Waals surface area contributed by atoms with Gasteiger partial charge in [0.05, 0.1) is 11.0 Å². The van der Waals surface area contributed by atoms with Gasteiger partial charge < -0.3 is 4.74 Å². The molecule has 0 bridgehead atoms.